The lowest BCUT2D eigenvalue weighted by molar-refractivity contribution is -0.147. The average Bonchev–Trinajstić information content (AvgIpc) is 2.45. The third kappa shape index (κ3) is 2.83. The van der Waals surface area contributed by atoms with E-state index in [0.717, 1.165) is 12.8 Å². The van der Waals surface area contributed by atoms with E-state index in [2.05, 4.69) is 4.98 Å². The summed E-state index contributed by atoms with van der Waals surface area (Å²) in [5.74, 6) is -0.709. The van der Waals surface area contributed by atoms with Crippen molar-refractivity contribution in [3.8, 4) is 0 Å². The molecule has 1 aromatic rings. The normalized spacial score (nSPS) is 19.0. The van der Waals surface area contributed by atoms with Gasteiger partial charge in [0.2, 0.25) is 5.56 Å². The summed E-state index contributed by atoms with van der Waals surface area (Å²) in [7, 11) is 1.31. The molecule has 0 radical (unpaired) electrons. The fourth-order valence-electron chi connectivity index (χ4n) is 2.30. The molecule has 1 unspecified atom stereocenters. The number of piperidine rings is 1. The van der Waals surface area contributed by atoms with Gasteiger partial charge in [-0.25, -0.2) is 4.79 Å². The van der Waals surface area contributed by atoms with Crippen LogP contribution in [0.2, 0.25) is 0 Å². The van der Waals surface area contributed by atoms with Crippen LogP contribution < -0.4 is 5.56 Å². The molecular weight excluding hydrogens is 248 g/mol. The molecule has 2 heterocycles. The molecule has 1 atom stereocenters. The smallest absolute Gasteiger partial charge is 0.328 e. The number of ether oxygens (including phenoxy) is 1. The molecular formula is C13H16N2O4. The molecule has 19 heavy (non-hydrogen) atoms. The number of pyridine rings is 1. The van der Waals surface area contributed by atoms with Gasteiger partial charge in [0.05, 0.1) is 7.11 Å². The maximum Gasteiger partial charge on any atom is 0.328 e. The van der Waals surface area contributed by atoms with Crippen LogP contribution >= 0.6 is 0 Å². The number of carbonyl (C=O) groups is 2. The Bertz CT molecular complexity index is 537. The van der Waals surface area contributed by atoms with Crippen molar-refractivity contribution in [2.24, 2.45) is 0 Å². The minimum absolute atomic E-state index is 0.291. The minimum Gasteiger partial charge on any atom is -0.467 e. The Kier molecular flexibility index (Phi) is 3.99. The lowest BCUT2D eigenvalue weighted by Crippen LogP contribution is -2.48. The highest BCUT2D eigenvalue weighted by atomic mass is 16.5. The van der Waals surface area contributed by atoms with E-state index in [0.29, 0.717) is 18.5 Å². The number of nitrogens with one attached hydrogen (secondary N) is 1. The molecule has 6 nitrogen and oxygen atoms in total. The SMILES string of the molecule is COC(=O)C1CCCCN1C(=O)c1cc[nH]c(=O)c1. The molecule has 6 heteroatoms. The summed E-state index contributed by atoms with van der Waals surface area (Å²) in [6.07, 6.45) is 3.76. The Morgan fingerprint density at radius 2 is 2.21 bits per heavy atom. The molecule has 102 valence electrons. The van der Waals surface area contributed by atoms with Crippen molar-refractivity contribution in [1.82, 2.24) is 9.88 Å². The lowest BCUT2D eigenvalue weighted by atomic mass is 10.0. The van der Waals surface area contributed by atoms with Gasteiger partial charge in [0.25, 0.3) is 5.91 Å². The zero-order valence-corrected chi connectivity index (χ0v) is 10.7. The lowest BCUT2D eigenvalue weighted by Gasteiger charge is -2.33. The third-order valence-electron chi connectivity index (χ3n) is 3.26. The van der Waals surface area contributed by atoms with E-state index in [1.807, 2.05) is 0 Å². The van der Waals surface area contributed by atoms with Crippen LogP contribution in [0.25, 0.3) is 0 Å². The molecule has 1 aliphatic heterocycles. The fraction of sp³-hybridized carbons (Fsp3) is 0.462. The summed E-state index contributed by atoms with van der Waals surface area (Å²) in [4.78, 5) is 39.2. The van der Waals surface area contributed by atoms with Crippen molar-refractivity contribution in [2.45, 2.75) is 25.3 Å². The Morgan fingerprint density at radius 1 is 1.42 bits per heavy atom. The Morgan fingerprint density at radius 3 is 2.89 bits per heavy atom. The van der Waals surface area contributed by atoms with Crippen molar-refractivity contribution in [2.75, 3.05) is 13.7 Å². The molecule has 0 aromatic carbocycles. The van der Waals surface area contributed by atoms with Crippen molar-refractivity contribution in [3.63, 3.8) is 0 Å². The van der Waals surface area contributed by atoms with Gasteiger partial charge in [0, 0.05) is 24.4 Å². The van der Waals surface area contributed by atoms with Crippen LogP contribution in [0.15, 0.2) is 23.1 Å². The van der Waals surface area contributed by atoms with E-state index in [-0.39, 0.29) is 11.5 Å². The number of rotatable bonds is 2. The number of esters is 1. The average molecular weight is 264 g/mol. The largest absolute Gasteiger partial charge is 0.467 e. The topological polar surface area (TPSA) is 79.5 Å². The number of nitrogens with zero attached hydrogens (tertiary/aromatic N) is 1. The first-order chi connectivity index (χ1) is 9.13. The van der Waals surface area contributed by atoms with Crippen LogP contribution in [0.4, 0.5) is 0 Å². The van der Waals surface area contributed by atoms with Gasteiger partial charge in [-0.1, -0.05) is 0 Å². The number of likely N-dealkylation sites (tertiary alicyclic amines) is 1. The van der Waals surface area contributed by atoms with Crippen LogP contribution in [-0.4, -0.2) is 41.5 Å². The molecule has 1 aromatic heterocycles. The first kappa shape index (κ1) is 13.3. The van der Waals surface area contributed by atoms with Crippen LogP contribution in [0.3, 0.4) is 0 Å². The number of amides is 1. The Hall–Kier alpha value is -2.11. The summed E-state index contributed by atoms with van der Waals surface area (Å²) in [5, 5.41) is 0. The summed E-state index contributed by atoms with van der Waals surface area (Å²) in [6.45, 7) is 0.505. The van der Waals surface area contributed by atoms with Gasteiger partial charge in [-0.05, 0) is 25.3 Å². The number of hydrogen-bond acceptors (Lipinski definition) is 4. The van der Waals surface area contributed by atoms with Crippen molar-refractivity contribution in [1.29, 1.82) is 0 Å². The first-order valence-corrected chi connectivity index (χ1v) is 6.21. The number of aromatic amines is 1. The molecule has 1 fully saturated rings. The van der Waals surface area contributed by atoms with Crippen molar-refractivity contribution >= 4 is 11.9 Å². The standard InChI is InChI=1S/C13H16N2O4/c1-19-13(18)10-4-2-3-7-15(10)12(17)9-5-6-14-11(16)8-9/h5-6,8,10H,2-4,7H2,1H3,(H,14,16). The van der Waals surface area contributed by atoms with Crippen molar-refractivity contribution in [3.05, 3.63) is 34.2 Å². The number of hydrogen-bond donors (Lipinski definition) is 1. The highest BCUT2D eigenvalue weighted by molar-refractivity contribution is 5.96. The van der Waals surface area contributed by atoms with Gasteiger partial charge >= 0.3 is 5.97 Å². The summed E-state index contributed by atoms with van der Waals surface area (Å²) in [5.41, 5.74) is -0.0444. The summed E-state index contributed by atoms with van der Waals surface area (Å²) >= 11 is 0. The monoisotopic (exact) mass is 264 g/mol. The Labute approximate surface area is 110 Å². The number of H-pyrrole nitrogens is 1. The second-order valence-electron chi connectivity index (χ2n) is 4.47. The zero-order valence-electron chi connectivity index (χ0n) is 10.7. The van der Waals surface area contributed by atoms with Gasteiger partial charge in [-0.15, -0.1) is 0 Å². The van der Waals surface area contributed by atoms with Gasteiger partial charge in [0.15, 0.2) is 0 Å². The zero-order chi connectivity index (χ0) is 13.8. The van der Waals surface area contributed by atoms with Crippen LogP contribution in [0.5, 0.6) is 0 Å². The molecule has 1 aliphatic rings. The van der Waals surface area contributed by atoms with Gasteiger partial charge < -0.3 is 14.6 Å². The summed E-state index contributed by atoms with van der Waals surface area (Å²) in [6, 6.07) is 2.23. The van der Waals surface area contributed by atoms with Gasteiger partial charge in [-0.2, -0.15) is 0 Å². The fourth-order valence-corrected chi connectivity index (χ4v) is 2.30. The van der Waals surface area contributed by atoms with Crippen LogP contribution in [-0.2, 0) is 9.53 Å². The molecule has 0 spiro atoms. The minimum atomic E-state index is -0.550. The molecule has 0 bridgehead atoms. The van der Waals surface area contributed by atoms with E-state index in [1.54, 1.807) is 0 Å². The highest BCUT2D eigenvalue weighted by Crippen LogP contribution is 2.20. The van der Waals surface area contributed by atoms with Gasteiger partial charge in [-0.3, -0.25) is 9.59 Å². The third-order valence-corrected chi connectivity index (χ3v) is 3.26. The molecule has 1 N–H and O–H groups in total. The predicted octanol–water partition coefficient (Wildman–Crippen LogP) is 0.543. The van der Waals surface area contributed by atoms with E-state index in [9.17, 15) is 14.4 Å². The summed E-state index contributed by atoms with van der Waals surface area (Å²) < 4.78 is 4.73. The number of carbonyl (C=O) groups excluding carboxylic acids is 2. The molecule has 0 saturated carbocycles. The van der Waals surface area contributed by atoms with Crippen LogP contribution in [0, 0.1) is 0 Å². The Balaban J connectivity index is 2.25. The first-order valence-electron chi connectivity index (χ1n) is 6.21. The van der Waals surface area contributed by atoms with Gasteiger partial charge in [0.1, 0.15) is 6.04 Å². The van der Waals surface area contributed by atoms with Crippen molar-refractivity contribution < 1.29 is 14.3 Å². The molecule has 1 saturated heterocycles. The molecule has 2 rings (SSSR count). The van der Waals surface area contributed by atoms with E-state index in [1.165, 1.54) is 30.3 Å². The molecule has 0 aliphatic carbocycles. The molecule has 1 amide bonds. The second-order valence-corrected chi connectivity index (χ2v) is 4.47. The number of methoxy groups -OCH3 is 1. The van der Waals surface area contributed by atoms with E-state index in [4.69, 9.17) is 4.74 Å². The van der Waals surface area contributed by atoms with E-state index >= 15 is 0 Å². The maximum absolute atomic E-state index is 12.3. The second kappa shape index (κ2) is 5.69. The number of aromatic nitrogens is 1. The van der Waals surface area contributed by atoms with E-state index < -0.39 is 12.0 Å². The quantitative estimate of drug-likeness (QED) is 0.791. The predicted molar refractivity (Wildman–Crippen MR) is 67.8 cm³/mol. The maximum atomic E-state index is 12.3. The highest BCUT2D eigenvalue weighted by Gasteiger charge is 2.33. The van der Waals surface area contributed by atoms with Crippen LogP contribution in [0.1, 0.15) is 29.6 Å².